The lowest BCUT2D eigenvalue weighted by Gasteiger charge is -2.15. The number of aryl methyl sites for hydroxylation is 3. The highest BCUT2D eigenvalue weighted by Gasteiger charge is 2.20. The van der Waals surface area contributed by atoms with Crippen molar-refractivity contribution in [1.29, 1.82) is 0 Å². The Morgan fingerprint density at radius 3 is 2.79 bits per heavy atom. The molecule has 3 aromatic heterocycles. The summed E-state index contributed by atoms with van der Waals surface area (Å²) in [6, 6.07) is 1.93. The summed E-state index contributed by atoms with van der Waals surface area (Å²) in [5, 5.41) is 9.20. The van der Waals surface area contributed by atoms with Crippen LogP contribution in [0.4, 0.5) is 0 Å². The molecule has 3 heterocycles. The molecule has 8 heteroatoms. The molecular formula is C16H19ClN6O. The smallest absolute Gasteiger partial charge is 0.259 e. The lowest BCUT2D eigenvalue weighted by atomic mass is 10.2. The SMILES string of the molecule is CCn1cc(Cl)c(CN(C)C(=O)c2cnn3c(C)cc(C)nc23)n1. The summed E-state index contributed by atoms with van der Waals surface area (Å²) in [6.07, 6.45) is 3.32. The number of amides is 1. The van der Waals surface area contributed by atoms with Crippen molar-refractivity contribution in [2.45, 2.75) is 33.9 Å². The minimum atomic E-state index is -0.162. The van der Waals surface area contributed by atoms with Gasteiger partial charge >= 0.3 is 0 Å². The van der Waals surface area contributed by atoms with Crippen molar-refractivity contribution in [2.24, 2.45) is 0 Å². The largest absolute Gasteiger partial charge is 0.336 e. The zero-order chi connectivity index (χ0) is 17.4. The Balaban J connectivity index is 1.89. The molecule has 0 radical (unpaired) electrons. The topological polar surface area (TPSA) is 68.3 Å². The molecule has 3 rings (SSSR count). The van der Waals surface area contributed by atoms with Gasteiger partial charge in [0.2, 0.25) is 0 Å². The summed E-state index contributed by atoms with van der Waals surface area (Å²) in [5.74, 6) is -0.162. The summed E-state index contributed by atoms with van der Waals surface area (Å²) in [4.78, 5) is 18.8. The Labute approximate surface area is 144 Å². The molecular weight excluding hydrogens is 328 g/mol. The molecule has 24 heavy (non-hydrogen) atoms. The molecule has 0 N–H and O–H groups in total. The normalized spacial score (nSPS) is 11.2. The van der Waals surface area contributed by atoms with Crippen molar-refractivity contribution < 1.29 is 4.79 Å². The van der Waals surface area contributed by atoms with Crippen LogP contribution in [0.15, 0.2) is 18.5 Å². The van der Waals surface area contributed by atoms with Crippen LogP contribution in [0.5, 0.6) is 0 Å². The summed E-state index contributed by atoms with van der Waals surface area (Å²) >= 11 is 6.18. The molecule has 0 aliphatic rings. The van der Waals surface area contributed by atoms with Crippen LogP contribution in [-0.4, -0.2) is 42.2 Å². The van der Waals surface area contributed by atoms with Crippen LogP contribution in [0.2, 0.25) is 5.02 Å². The zero-order valence-corrected chi connectivity index (χ0v) is 14.9. The maximum absolute atomic E-state index is 12.8. The van der Waals surface area contributed by atoms with Gasteiger partial charge in [-0.05, 0) is 26.8 Å². The summed E-state index contributed by atoms with van der Waals surface area (Å²) < 4.78 is 3.42. The number of aromatic nitrogens is 5. The van der Waals surface area contributed by atoms with Gasteiger partial charge in [-0.2, -0.15) is 10.2 Å². The highest BCUT2D eigenvalue weighted by molar-refractivity contribution is 6.31. The third-order valence-corrected chi connectivity index (χ3v) is 4.17. The Bertz CT molecular complexity index is 913. The predicted octanol–water partition coefficient (Wildman–Crippen LogP) is 2.49. The van der Waals surface area contributed by atoms with Crippen LogP contribution in [-0.2, 0) is 13.1 Å². The lowest BCUT2D eigenvalue weighted by molar-refractivity contribution is 0.0785. The fourth-order valence-corrected chi connectivity index (χ4v) is 2.84. The van der Waals surface area contributed by atoms with Gasteiger partial charge in [-0.1, -0.05) is 11.6 Å². The van der Waals surface area contributed by atoms with Gasteiger partial charge in [0.25, 0.3) is 5.91 Å². The van der Waals surface area contributed by atoms with Crippen molar-refractivity contribution in [3.63, 3.8) is 0 Å². The highest BCUT2D eigenvalue weighted by Crippen LogP contribution is 2.18. The number of hydrogen-bond donors (Lipinski definition) is 0. The number of rotatable bonds is 4. The van der Waals surface area contributed by atoms with Crippen LogP contribution in [0.3, 0.4) is 0 Å². The quantitative estimate of drug-likeness (QED) is 0.727. The van der Waals surface area contributed by atoms with E-state index < -0.39 is 0 Å². The second kappa shape index (κ2) is 6.24. The van der Waals surface area contributed by atoms with Crippen molar-refractivity contribution in [1.82, 2.24) is 29.3 Å². The third kappa shape index (κ3) is 2.87. The van der Waals surface area contributed by atoms with Gasteiger partial charge in [0.1, 0.15) is 11.3 Å². The molecule has 0 saturated carbocycles. The maximum atomic E-state index is 12.8. The molecule has 0 bridgehead atoms. The molecule has 0 saturated heterocycles. The van der Waals surface area contributed by atoms with E-state index in [0.717, 1.165) is 17.9 Å². The van der Waals surface area contributed by atoms with E-state index in [1.54, 1.807) is 33.5 Å². The minimum Gasteiger partial charge on any atom is -0.336 e. The average Bonchev–Trinajstić information content (AvgIpc) is 3.10. The number of carbonyl (C=O) groups excluding carboxylic acids is 1. The average molecular weight is 347 g/mol. The van der Waals surface area contributed by atoms with E-state index >= 15 is 0 Å². The van der Waals surface area contributed by atoms with Crippen LogP contribution >= 0.6 is 11.6 Å². The van der Waals surface area contributed by atoms with E-state index in [9.17, 15) is 4.79 Å². The van der Waals surface area contributed by atoms with E-state index in [-0.39, 0.29) is 5.91 Å². The maximum Gasteiger partial charge on any atom is 0.259 e. The fourth-order valence-electron chi connectivity index (χ4n) is 2.63. The summed E-state index contributed by atoms with van der Waals surface area (Å²) in [5.41, 5.74) is 3.49. The monoisotopic (exact) mass is 346 g/mol. The third-order valence-electron chi connectivity index (χ3n) is 3.85. The van der Waals surface area contributed by atoms with E-state index in [0.29, 0.717) is 28.5 Å². The first-order valence-corrected chi connectivity index (χ1v) is 8.07. The molecule has 0 aliphatic heterocycles. The van der Waals surface area contributed by atoms with Gasteiger partial charge in [0.15, 0.2) is 5.65 Å². The molecule has 3 aromatic rings. The molecule has 0 spiro atoms. The fraction of sp³-hybridized carbons (Fsp3) is 0.375. The zero-order valence-electron chi connectivity index (χ0n) is 14.1. The van der Waals surface area contributed by atoms with E-state index in [4.69, 9.17) is 11.6 Å². The van der Waals surface area contributed by atoms with Gasteiger partial charge in [0, 0.05) is 31.2 Å². The molecule has 0 aliphatic carbocycles. The van der Waals surface area contributed by atoms with Crippen LogP contribution in [0.25, 0.3) is 5.65 Å². The summed E-state index contributed by atoms with van der Waals surface area (Å²) in [7, 11) is 1.72. The first kappa shape index (κ1) is 16.4. The molecule has 1 amide bonds. The van der Waals surface area contributed by atoms with Gasteiger partial charge < -0.3 is 4.90 Å². The van der Waals surface area contributed by atoms with Gasteiger partial charge in [-0.25, -0.2) is 9.50 Å². The molecule has 0 fully saturated rings. The molecule has 0 unspecified atom stereocenters. The van der Waals surface area contributed by atoms with Crippen LogP contribution < -0.4 is 0 Å². The molecule has 0 atom stereocenters. The molecule has 126 valence electrons. The minimum absolute atomic E-state index is 0.162. The molecule has 0 aromatic carbocycles. The number of halogens is 1. The number of fused-ring (bicyclic) bond motifs is 1. The second-order valence-electron chi connectivity index (χ2n) is 5.77. The number of carbonyl (C=O) groups is 1. The van der Waals surface area contributed by atoms with Crippen molar-refractivity contribution in [3.8, 4) is 0 Å². The Kier molecular flexibility index (Phi) is 4.28. The van der Waals surface area contributed by atoms with Gasteiger partial charge in [-0.3, -0.25) is 9.48 Å². The first-order chi connectivity index (χ1) is 11.4. The van der Waals surface area contributed by atoms with Crippen molar-refractivity contribution in [3.05, 3.63) is 46.1 Å². The number of hydrogen-bond acceptors (Lipinski definition) is 4. The van der Waals surface area contributed by atoms with Gasteiger partial charge in [-0.15, -0.1) is 0 Å². The van der Waals surface area contributed by atoms with E-state index in [2.05, 4.69) is 15.2 Å². The van der Waals surface area contributed by atoms with Crippen LogP contribution in [0.1, 0.15) is 34.4 Å². The Hall–Kier alpha value is -2.41. The van der Waals surface area contributed by atoms with E-state index in [1.807, 2.05) is 26.8 Å². The first-order valence-electron chi connectivity index (χ1n) is 7.70. The lowest BCUT2D eigenvalue weighted by Crippen LogP contribution is -2.26. The van der Waals surface area contributed by atoms with Crippen molar-refractivity contribution >= 4 is 23.2 Å². The van der Waals surface area contributed by atoms with E-state index in [1.165, 1.54) is 0 Å². The van der Waals surface area contributed by atoms with Crippen LogP contribution in [0, 0.1) is 13.8 Å². The highest BCUT2D eigenvalue weighted by atomic mass is 35.5. The number of nitrogens with zero attached hydrogens (tertiary/aromatic N) is 6. The second-order valence-corrected chi connectivity index (χ2v) is 6.18. The van der Waals surface area contributed by atoms with Gasteiger partial charge in [0.05, 0.1) is 17.8 Å². The predicted molar refractivity (Wildman–Crippen MR) is 91.2 cm³/mol. The Morgan fingerprint density at radius 1 is 1.38 bits per heavy atom. The molecule has 7 nitrogen and oxygen atoms in total. The standard InChI is InChI=1S/C16H19ClN6O/c1-5-22-8-13(17)14(20-22)9-21(4)16(24)12-7-18-23-11(3)6-10(2)19-15(12)23/h6-8H,5,9H2,1-4H3. The van der Waals surface area contributed by atoms with Crippen molar-refractivity contribution in [2.75, 3.05) is 7.05 Å². The summed E-state index contributed by atoms with van der Waals surface area (Å²) in [6.45, 7) is 6.87. The Morgan fingerprint density at radius 2 is 2.12 bits per heavy atom.